The number of carbonyl (C=O) groups excluding carboxylic acids is 4. The SMILES string of the molecule is CCC(C)C(NC(=O)C1CCCN1C(=O)C(Cc1ccccc1)NC(=O)C(N)CC(N)=O)C(=O)O. The number of hydrogen-bond acceptors (Lipinski definition) is 6. The van der Waals surface area contributed by atoms with Crippen LogP contribution in [0.4, 0.5) is 0 Å². The number of hydrogen-bond donors (Lipinski definition) is 5. The lowest BCUT2D eigenvalue weighted by Gasteiger charge is -2.30. The van der Waals surface area contributed by atoms with E-state index in [1.54, 1.807) is 31.2 Å². The fourth-order valence-electron chi connectivity index (χ4n) is 4.07. The van der Waals surface area contributed by atoms with Crippen LogP contribution in [0.1, 0.15) is 45.1 Å². The molecule has 1 aromatic rings. The van der Waals surface area contributed by atoms with Gasteiger partial charge in [-0.05, 0) is 24.3 Å². The van der Waals surface area contributed by atoms with Crippen LogP contribution in [0.3, 0.4) is 0 Å². The summed E-state index contributed by atoms with van der Waals surface area (Å²) in [5.41, 5.74) is 11.7. The Balaban J connectivity index is 2.22. The molecule has 5 atom stereocenters. The fourth-order valence-corrected chi connectivity index (χ4v) is 4.07. The zero-order valence-electron chi connectivity index (χ0n) is 20.1. The molecule has 1 aliphatic heterocycles. The minimum Gasteiger partial charge on any atom is -0.480 e. The van der Waals surface area contributed by atoms with Crippen molar-refractivity contribution in [2.75, 3.05) is 6.54 Å². The Morgan fingerprint density at radius 3 is 2.37 bits per heavy atom. The standard InChI is InChI=1S/C24H35N5O6/c1-3-14(2)20(24(34)35)28-22(32)18-10-7-11-29(18)23(33)17(12-15-8-5-4-6-9-15)27-21(31)16(25)13-19(26)30/h4-6,8-9,14,16-18,20H,3,7,10-13,25H2,1-2H3,(H2,26,30)(H,27,31)(H,28,32)(H,34,35). The van der Waals surface area contributed by atoms with E-state index in [1.165, 1.54) is 4.90 Å². The van der Waals surface area contributed by atoms with Gasteiger partial charge < -0.3 is 32.1 Å². The van der Waals surface area contributed by atoms with Crippen LogP contribution in [0.2, 0.25) is 0 Å². The quantitative estimate of drug-likeness (QED) is 0.262. The minimum absolute atomic E-state index is 0.143. The first kappa shape index (κ1) is 27.8. The van der Waals surface area contributed by atoms with Crippen molar-refractivity contribution in [3.8, 4) is 0 Å². The molecule has 7 N–H and O–H groups in total. The second-order valence-corrected chi connectivity index (χ2v) is 8.93. The average molecular weight is 490 g/mol. The molecule has 1 aliphatic rings. The second kappa shape index (κ2) is 12.8. The highest BCUT2D eigenvalue weighted by Gasteiger charge is 2.39. The van der Waals surface area contributed by atoms with Crippen LogP contribution < -0.4 is 22.1 Å². The summed E-state index contributed by atoms with van der Waals surface area (Å²) < 4.78 is 0. The first-order chi connectivity index (χ1) is 16.5. The number of primary amides is 1. The van der Waals surface area contributed by atoms with Crippen LogP contribution in [0, 0.1) is 5.92 Å². The zero-order chi connectivity index (χ0) is 26.1. The van der Waals surface area contributed by atoms with E-state index >= 15 is 0 Å². The summed E-state index contributed by atoms with van der Waals surface area (Å²) in [4.78, 5) is 63.3. The number of carboxylic acids is 1. The van der Waals surface area contributed by atoms with Gasteiger partial charge in [-0.3, -0.25) is 19.2 Å². The van der Waals surface area contributed by atoms with Crippen LogP contribution in [0.5, 0.6) is 0 Å². The monoisotopic (exact) mass is 489 g/mol. The van der Waals surface area contributed by atoms with Gasteiger partial charge in [-0.25, -0.2) is 4.79 Å². The normalized spacial score (nSPS) is 18.7. The lowest BCUT2D eigenvalue weighted by atomic mass is 9.98. The predicted octanol–water partition coefficient (Wildman–Crippen LogP) is -0.477. The molecular formula is C24H35N5O6. The molecule has 1 fully saturated rings. The molecule has 5 unspecified atom stereocenters. The zero-order valence-corrected chi connectivity index (χ0v) is 20.1. The number of nitrogens with one attached hydrogen (secondary N) is 2. The highest BCUT2D eigenvalue weighted by atomic mass is 16.4. The lowest BCUT2D eigenvalue weighted by Crippen LogP contribution is -2.58. The van der Waals surface area contributed by atoms with Crippen molar-refractivity contribution in [1.82, 2.24) is 15.5 Å². The van der Waals surface area contributed by atoms with Crippen LogP contribution in [0.15, 0.2) is 30.3 Å². The first-order valence-corrected chi connectivity index (χ1v) is 11.8. The summed E-state index contributed by atoms with van der Waals surface area (Å²) in [7, 11) is 0. The molecule has 1 heterocycles. The molecule has 1 aromatic carbocycles. The summed E-state index contributed by atoms with van der Waals surface area (Å²) in [5, 5.41) is 14.7. The Kier molecular flexibility index (Phi) is 10.2. The van der Waals surface area contributed by atoms with Crippen molar-refractivity contribution in [2.45, 2.75) is 70.1 Å². The smallest absolute Gasteiger partial charge is 0.326 e. The molecule has 0 bridgehead atoms. The van der Waals surface area contributed by atoms with Gasteiger partial charge in [0.1, 0.15) is 18.1 Å². The Morgan fingerprint density at radius 1 is 1.14 bits per heavy atom. The number of benzene rings is 1. The third kappa shape index (κ3) is 7.78. The van der Waals surface area contributed by atoms with Gasteiger partial charge in [0, 0.05) is 13.0 Å². The van der Waals surface area contributed by atoms with E-state index in [0.717, 1.165) is 5.56 Å². The molecule has 0 aliphatic carbocycles. The molecular weight excluding hydrogens is 454 g/mol. The summed E-state index contributed by atoms with van der Waals surface area (Å²) in [6.07, 6.45) is 1.25. The number of aliphatic carboxylic acids is 1. The summed E-state index contributed by atoms with van der Waals surface area (Å²) in [6, 6.07) is 4.82. The molecule has 4 amide bonds. The molecule has 35 heavy (non-hydrogen) atoms. The van der Waals surface area contributed by atoms with Crippen LogP contribution in [0.25, 0.3) is 0 Å². The van der Waals surface area contributed by atoms with Gasteiger partial charge in [-0.15, -0.1) is 0 Å². The molecule has 2 rings (SSSR count). The fraction of sp³-hybridized carbons (Fsp3) is 0.542. The highest BCUT2D eigenvalue weighted by Crippen LogP contribution is 2.21. The first-order valence-electron chi connectivity index (χ1n) is 11.8. The Hall–Kier alpha value is -3.47. The number of carbonyl (C=O) groups is 5. The van der Waals surface area contributed by atoms with Crippen molar-refractivity contribution in [3.05, 3.63) is 35.9 Å². The van der Waals surface area contributed by atoms with Crippen molar-refractivity contribution >= 4 is 29.6 Å². The van der Waals surface area contributed by atoms with Crippen LogP contribution in [-0.2, 0) is 30.4 Å². The number of likely N-dealkylation sites (tertiary alicyclic amines) is 1. The molecule has 0 aromatic heterocycles. The van der Waals surface area contributed by atoms with E-state index < -0.39 is 53.8 Å². The molecule has 192 valence electrons. The van der Waals surface area contributed by atoms with E-state index in [0.29, 0.717) is 19.3 Å². The maximum atomic E-state index is 13.5. The predicted molar refractivity (Wildman–Crippen MR) is 128 cm³/mol. The largest absolute Gasteiger partial charge is 0.480 e. The number of nitrogens with two attached hydrogens (primary N) is 2. The molecule has 0 spiro atoms. The minimum atomic E-state index is -1.22. The number of amides is 4. The third-order valence-electron chi connectivity index (χ3n) is 6.27. The topological polar surface area (TPSA) is 185 Å². The molecule has 11 nitrogen and oxygen atoms in total. The van der Waals surface area contributed by atoms with E-state index in [2.05, 4.69) is 10.6 Å². The molecule has 0 saturated carbocycles. The van der Waals surface area contributed by atoms with Crippen molar-refractivity contribution in [2.24, 2.45) is 17.4 Å². The van der Waals surface area contributed by atoms with Gasteiger partial charge in [0.15, 0.2) is 0 Å². The number of carboxylic acid groups (broad SMARTS) is 1. The van der Waals surface area contributed by atoms with Crippen LogP contribution in [-0.4, -0.2) is 70.3 Å². The number of rotatable bonds is 12. The van der Waals surface area contributed by atoms with E-state index in [4.69, 9.17) is 11.5 Å². The van der Waals surface area contributed by atoms with Gasteiger partial charge >= 0.3 is 5.97 Å². The highest BCUT2D eigenvalue weighted by molar-refractivity contribution is 5.95. The van der Waals surface area contributed by atoms with Gasteiger partial charge in [-0.1, -0.05) is 50.6 Å². The maximum absolute atomic E-state index is 13.5. The molecule has 0 radical (unpaired) electrons. The van der Waals surface area contributed by atoms with E-state index in [-0.39, 0.29) is 25.3 Å². The summed E-state index contributed by atoms with van der Waals surface area (Å²) >= 11 is 0. The Labute approximate surface area is 204 Å². The maximum Gasteiger partial charge on any atom is 0.326 e. The van der Waals surface area contributed by atoms with E-state index in [1.807, 2.05) is 13.0 Å². The summed E-state index contributed by atoms with van der Waals surface area (Å²) in [5.74, 6) is -3.91. The Bertz CT molecular complexity index is 924. The van der Waals surface area contributed by atoms with Gasteiger partial charge in [-0.2, -0.15) is 0 Å². The van der Waals surface area contributed by atoms with E-state index in [9.17, 15) is 29.1 Å². The second-order valence-electron chi connectivity index (χ2n) is 8.93. The number of nitrogens with zero attached hydrogens (tertiary/aromatic N) is 1. The molecule has 1 saturated heterocycles. The summed E-state index contributed by atoms with van der Waals surface area (Å²) in [6.45, 7) is 3.85. The average Bonchev–Trinajstić information content (AvgIpc) is 3.31. The lowest BCUT2D eigenvalue weighted by molar-refractivity contribution is -0.146. The Morgan fingerprint density at radius 2 is 1.80 bits per heavy atom. The van der Waals surface area contributed by atoms with Crippen molar-refractivity contribution in [3.63, 3.8) is 0 Å². The van der Waals surface area contributed by atoms with Gasteiger partial charge in [0.05, 0.1) is 12.5 Å². The van der Waals surface area contributed by atoms with Crippen molar-refractivity contribution in [1.29, 1.82) is 0 Å². The van der Waals surface area contributed by atoms with Crippen molar-refractivity contribution < 1.29 is 29.1 Å². The third-order valence-corrected chi connectivity index (χ3v) is 6.27. The molecule has 11 heteroatoms. The van der Waals surface area contributed by atoms with Gasteiger partial charge in [0.25, 0.3) is 0 Å². The van der Waals surface area contributed by atoms with Gasteiger partial charge in [0.2, 0.25) is 23.6 Å². The van der Waals surface area contributed by atoms with Crippen LogP contribution >= 0.6 is 0 Å².